The topological polar surface area (TPSA) is 86.9 Å². The Balaban J connectivity index is 1.61. The summed E-state index contributed by atoms with van der Waals surface area (Å²) in [6.07, 6.45) is 5.57. The molecule has 6 nitrogen and oxygen atoms in total. The van der Waals surface area contributed by atoms with Crippen molar-refractivity contribution in [3.63, 3.8) is 0 Å². The van der Waals surface area contributed by atoms with Gasteiger partial charge in [0, 0.05) is 34.7 Å². The summed E-state index contributed by atoms with van der Waals surface area (Å²) in [5, 5.41) is 5.05. The lowest BCUT2D eigenvalue weighted by Crippen LogP contribution is -2.23. The molecule has 1 aliphatic carbocycles. The summed E-state index contributed by atoms with van der Waals surface area (Å²) in [5.74, 6) is 0. The first-order chi connectivity index (χ1) is 9.63. The third-order valence-electron chi connectivity index (χ3n) is 3.09. The molecule has 3 N–H and O–H groups in total. The Labute approximate surface area is 121 Å². The maximum absolute atomic E-state index is 12.1. The number of imidazole rings is 1. The standard InChI is InChI=1S/C12H16N4O2S2/c17-20(18,16-5-10-4-13-8-15-10)12-3-11(19-7-12)6-14-9-1-2-9/h3-4,7-9,14,16H,1-2,5-6H2,(H,13,15). The minimum atomic E-state index is -3.45. The summed E-state index contributed by atoms with van der Waals surface area (Å²) in [6, 6.07) is 2.35. The first kappa shape index (κ1) is 13.7. The Kier molecular flexibility index (Phi) is 3.88. The number of aromatic amines is 1. The van der Waals surface area contributed by atoms with Crippen LogP contribution in [0.25, 0.3) is 0 Å². The van der Waals surface area contributed by atoms with Gasteiger partial charge in [-0.05, 0) is 18.9 Å². The first-order valence-corrected chi connectivity index (χ1v) is 8.77. The molecule has 8 heteroatoms. The molecule has 0 unspecified atom stereocenters. The summed E-state index contributed by atoms with van der Waals surface area (Å²) in [7, 11) is -3.45. The molecule has 0 spiro atoms. The molecule has 2 aromatic rings. The minimum Gasteiger partial charge on any atom is -0.347 e. The van der Waals surface area contributed by atoms with E-state index in [1.807, 2.05) is 0 Å². The zero-order valence-electron chi connectivity index (χ0n) is 10.8. The Morgan fingerprint density at radius 3 is 2.95 bits per heavy atom. The van der Waals surface area contributed by atoms with E-state index < -0.39 is 10.0 Å². The van der Waals surface area contributed by atoms with E-state index in [9.17, 15) is 8.42 Å². The average Bonchev–Trinajstić information content (AvgIpc) is 2.94. The lowest BCUT2D eigenvalue weighted by Gasteiger charge is -2.03. The number of thiophene rings is 1. The van der Waals surface area contributed by atoms with E-state index in [2.05, 4.69) is 20.0 Å². The van der Waals surface area contributed by atoms with E-state index in [4.69, 9.17) is 0 Å². The summed E-state index contributed by atoms with van der Waals surface area (Å²) in [6.45, 7) is 0.958. The van der Waals surface area contributed by atoms with E-state index in [1.165, 1.54) is 30.5 Å². The van der Waals surface area contributed by atoms with Gasteiger partial charge in [-0.3, -0.25) is 0 Å². The number of nitrogens with one attached hydrogen (secondary N) is 3. The molecule has 1 fully saturated rings. The molecule has 0 atom stereocenters. The second-order valence-corrected chi connectivity index (χ2v) is 7.57. The van der Waals surface area contributed by atoms with Crippen LogP contribution < -0.4 is 10.0 Å². The van der Waals surface area contributed by atoms with Crippen LogP contribution in [-0.2, 0) is 23.1 Å². The summed E-state index contributed by atoms with van der Waals surface area (Å²) in [4.78, 5) is 8.08. The maximum Gasteiger partial charge on any atom is 0.241 e. The highest BCUT2D eigenvalue weighted by atomic mass is 32.2. The van der Waals surface area contributed by atoms with Crippen LogP contribution in [0.5, 0.6) is 0 Å². The quantitative estimate of drug-likeness (QED) is 0.717. The molecule has 3 rings (SSSR count). The van der Waals surface area contributed by atoms with Gasteiger partial charge in [0.2, 0.25) is 10.0 Å². The minimum absolute atomic E-state index is 0.216. The molecule has 0 amide bonds. The van der Waals surface area contributed by atoms with E-state index >= 15 is 0 Å². The van der Waals surface area contributed by atoms with Crippen LogP contribution >= 0.6 is 11.3 Å². The van der Waals surface area contributed by atoms with Crippen LogP contribution in [0, 0.1) is 0 Å². The van der Waals surface area contributed by atoms with Gasteiger partial charge in [-0.15, -0.1) is 11.3 Å². The van der Waals surface area contributed by atoms with Gasteiger partial charge in [-0.1, -0.05) is 0 Å². The van der Waals surface area contributed by atoms with E-state index in [0.717, 1.165) is 17.1 Å². The number of hydrogen-bond acceptors (Lipinski definition) is 5. The third kappa shape index (κ3) is 3.45. The third-order valence-corrected chi connectivity index (χ3v) is 5.56. The predicted molar refractivity (Wildman–Crippen MR) is 76.8 cm³/mol. The van der Waals surface area contributed by atoms with Gasteiger partial charge in [0.25, 0.3) is 0 Å². The Hall–Kier alpha value is -1.22. The number of hydrogen-bond donors (Lipinski definition) is 3. The number of nitrogens with zero attached hydrogens (tertiary/aromatic N) is 1. The van der Waals surface area contributed by atoms with Gasteiger partial charge >= 0.3 is 0 Å². The molecule has 0 bridgehead atoms. The van der Waals surface area contributed by atoms with Crippen molar-refractivity contribution in [2.45, 2.75) is 36.9 Å². The number of aromatic nitrogens is 2. The molecule has 108 valence electrons. The molecule has 2 aromatic heterocycles. The molecular formula is C12H16N4O2S2. The van der Waals surface area contributed by atoms with Crippen molar-refractivity contribution in [3.05, 3.63) is 34.5 Å². The van der Waals surface area contributed by atoms with Gasteiger partial charge in [0.1, 0.15) is 0 Å². The lowest BCUT2D eigenvalue weighted by molar-refractivity contribution is 0.581. The number of sulfonamides is 1. The highest BCUT2D eigenvalue weighted by molar-refractivity contribution is 7.89. The van der Waals surface area contributed by atoms with Crippen LogP contribution in [-0.4, -0.2) is 24.4 Å². The fourth-order valence-corrected chi connectivity index (χ4v) is 4.00. The molecule has 0 aliphatic heterocycles. The first-order valence-electron chi connectivity index (χ1n) is 6.41. The van der Waals surface area contributed by atoms with E-state index in [-0.39, 0.29) is 6.54 Å². The van der Waals surface area contributed by atoms with E-state index in [1.54, 1.807) is 17.6 Å². The Morgan fingerprint density at radius 2 is 2.25 bits per heavy atom. The second-order valence-electron chi connectivity index (χ2n) is 4.81. The van der Waals surface area contributed by atoms with Gasteiger partial charge in [0.05, 0.1) is 17.8 Å². The summed E-state index contributed by atoms with van der Waals surface area (Å²) < 4.78 is 26.8. The summed E-state index contributed by atoms with van der Waals surface area (Å²) >= 11 is 1.47. The van der Waals surface area contributed by atoms with Crippen molar-refractivity contribution in [3.8, 4) is 0 Å². The molecule has 0 saturated heterocycles. The highest BCUT2D eigenvalue weighted by Gasteiger charge is 2.21. The maximum atomic E-state index is 12.1. The fraction of sp³-hybridized carbons (Fsp3) is 0.417. The second kappa shape index (κ2) is 5.65. The zero-order valence-corrected chi connectivity index (χ0v) is 12.4. The van der Waals surface area contributed by atoms with Crippen molar-refractivity contribution in [1.82, 2.24) is 20.0 Å². The molecule has 1 saturated carbocycles. The Bertz CT molecular complexity index is 659. The number of rotatable bonds is 7. The monoisotopic (exact) mass is 312 g/mol. The molecule has 0 aromatic carbocycles. The fourth-order valence-electron chi connectivity index (χ4n) is 1.76. The predicted octanol–water partition coefficient (Wildman–Crippen LogP) is 1.20. The molecule has 1 aliphatic rings. The van der Waals surface area contributed by atoms with Crippen LogP contribution in [0.4, 0.5) is 0 Å². The highest BCUT2D eigenvalue weighted by Crippen LogP contribution is 2.22. The zero-order chi connectivity index (χ0) is 14.0. The normalized spacial score (nSPS) is 15.6. The van der Waals surface area contributed by atoms with Crippen molar-refractivity contribution in [1.29, 1.82) is 0 Å². The van der Waals surface area contributed by atoms with Gasteiger partial charge in [-0.2, -0.15) is 0 Å². The van der Waals surface area contributed by atoms with Crippen molar-refractivity contribution < 1.29 is 8.42 Å². The van der Waals surface area contributed by atoms with Crippen LogP contribution in [0.3, 0.4) is 0 Å². The van der Waals surface area contributed by atoms with Crippen molar-refractivity contribution in [2.75, 3.05) is 0 Å². The van der Waals surface area contributed by atoms with Crippen LogP contribution in [0.2, 0.25) is 0 Å². The van der Waals surface area contributed by atoms with Crippen molar-refractivity contribution in [2.24, 2.45) is 0 Å². The van der Waals surface area contributed by atoms with Gasteiger partial charge in [-0.25, -0.2) is 18.1 Å². The SMILES string of the molecule is O=S(=O)(NCc1cnc[nH]1)c1csc(CNC2CC2)c1. The van der Waals surface area contributed by atoms with Crippen molar-refractivity contribution >= 4 is 21.4 Å². The largest absolute Gasteiger partial charge is 0.347 e. The van der Waals surface area contributed by atoms with Crippen LogP contribution in [0.15, 0.2) is 28.9 Å². The van der Waals surface area contributed by atoms with Gasteiger partial charge < -0.3 is 10.3 Å². The molecule has 20 heavy (non-hydrogen) atoms. The van der Waals surface area contributed by atoms with Crippen LogP contribution in [0.1, 0.15) is 23.4 Å². The molecular weight excluding hydrogens is 296 g/mol. The average molecular weight is 312 g/mol. The van der Waals surface area contributed by atoms with E-state index in [0.29, 0.717) is 10.9 Å². The summed E-state index contributed by atoms with van der Waals surface area (Å²) in [5.41, 5.74) is 0.736. The number of H-pyrrole nitrogens is 1. The van der Waals surface area contributed by atoms with Gasteiger partial charge in [0.15, 0.2) is 0 Å². The molecule has 2 heterocycles. The lowest BCUT2D eigenvalue weighted by atomic mass is 10.4. The molecule has 0 radical (unpaired) electrons. The Morgan fingerprint density at radius 1 is 1.40 bits per heavy atom. The smallest absolute Gasteiger partial charge is 0.241 e.